The van der Waals surface area contributed by atoms with Gasteiger partial charge in [0, 0.05) is 49.7 Å². The molecule has 1 fully saturated rings. The molecule has 0 saturated carbocycles. The van der Waals surface area contributed by atoms with Gasteiger partial charge in [-0.15, -0.1) is 0 Å². The Morgan fingerprint density at radius 1 is 0.878 bits per heavy atom. The summed E-state index contributed by atoms with van der Waals surface area (Å²) in [7, 11) is 0. The minimum Gasteiger partial charge on any atom is -0.379 e. The number of anilines is 2. The Morgan fingerprint density at radius 3 is 2.34 bits per heavy atom. The molecule has 0 atom stereocenters. The molecule has 2 aliphatic rings. The van der Waals surface area contributed by atoms with Crippen molar-refractivity contribution in [3.8, 4) is 0 Å². The van der Waals surface area contributed by atoms with Crippen LogP contribution in [-0.2, 0) is 23.9 Å². The number of fused-ring (bicyclic) bond motifs is 1. The van der Waals surface area contributed by atoms with Gasteiger partial charge in [-0.2, -0.15) is 13.2 Å². The Labute approximate surface area is 237 Å². The van der Waals surface area contributed by atoms with Crippen LogP contribution in [0.4, 0.5) is 24.5 Å². The van der Waals surface area contributed by atoms with Gasteiger partial charge in [-0.05, 0) is 73.0 Å². The Balaban J connectivity index is 1.32. The number of carbonyl (C=O) groups is 2. The second-order valence-corrected chi connectivity index (χ2v) is 10.3. The summed E-state index contributed by atoms with van der Waals surface area (Å²) in [5.41, 5.74) is 3.33. The average Bonchev–Trinajstić information content (AvgIpc) is 2.99. The molecule has 2 N–H and O–H groups in total. The van der Waals surface area contributed by atoms with E-state index in [1.54, 1.807) is 12.1 Å². The summed E-state index contributed by atoms with van der Waals surface area (Å²) in [5, 5.41) is 5.76. The largest absolute Gasteiger partial charge is 0.416 e. The number of rotatable bonds is 8. The first kappa shape index (κ1) is 28.6. The maximum absolute atomic E-state index is 13.5. The number of benzene rings is 3. The zero-order valence-corrected chi connectivity index (χ0v) is 22.7. The first-order valence-electron chi connectivity index (χ1n) is 13.8. The Morgan fingerprint density at radius 2 is 1.61 bits per heavy atom. The molecule has 41 heavy (non-hydrogen) atoms. The number of ether oxygens (including phenoxy) is 1. The van der Waals surface area contributed by atoms with Gasteiger partial charge in [-0.1, -0.05) is 24.3 Å². The molecule has 5 rings (SSSR count). The quantitative estimate of drug-likeness (QED) is 0.377. The molecule has 2 aliphatic heterocycles. The Hall–Kier alpha value is -3.89. The van der Waals surface area contributed by atoms with Crippen LogP contribution in [0.2, 0.25) is 0 Å². The van der Waals surface area contributed by atoms with Crippen LogP contribution in [-0.4, -0.2) is 62.7 Å². The van der Waals surface area contributed by atoms with E-state index < -0.39 is 17.6 Å². The van der Waals surface area contributed by atoms with E-state index >= 15 is 0 Å². The lowest BCUT2D eigenvalue weighted by molar-refractivity contribution is -0.137. The number of nitrogens with zero attached hydrogens (tertiary/aromatic N) is 2. The number of amides is 2. The fraction of sp³-hybridized carbons (Fsp3) is 0.355. The zero-order valence-electron chi connectivity index (χ0n) is 22.7. The molecule has 216 valence electrons. The van der Waals surface area contributed by atoms with E-state index in [1.165, 1.54) is 11.1 Å². The zero-order chi connectivity index (χ0) is 28.8. The van der Waals surface area contributed by atoms with E-state index in [1.807, 2.05) is 18.2 Å². The first-order valence-corrected chi connectivity index (χ1v) is 13.8. The number of halogens is 3. The highest BCUT2D eigenvalue weighted by Crippen LogP contribution is 2.31. The van der Waals surface area contributed by atoms with Crippen molar-refractivity contribution in [1.82, 2.24) is 10.2 Å². The number of alkyl halides is 3. The van der Waals surface area contributed by atoms with E-state index in [9.17, 15) is 22.8 Å². The SMILES string of the molecule is O=C(Nc1ccc(N2CCc3ccccc3C2)c(C(=O)NCCCN2CCOCC2)c1)c1ccc(C(F)(F)F)cc1. The maximum Gasteiger partial charge on any atom is 0.416 e. The van der Waals surface area contributed by atoms with Crippen molar-refractivity contribution in [1.29, 1.82) is 0 Å². The van der Waals surface area contributed by atoms with Crippen LogP contribution in [0, 0.1) is 0 Å². The predicted octanol–water partition coefficient (Wildman–Crippen LogP) is 4.97. The third-order valence-corrected chi connectivity index (χ3v) is 7.49. The van der Waals surface area contributed by atoms with Crippen LogP contribution >= 0.6 is 0 Å². The molecule has 3 aromatic rings. The standard InChI is InChI=1S/C31H33F3N4O3/c32-31(33,34)25-8-6-23(7-9-25)29(39)36-26-10-11-28(38-15-12-22-4-1-2-5-24(22)21-38)27(20-26)30(40)35-13-3-14-37-16-18-41-19-17-37/h1-2,4-11,20H,3,12-19,21H2,(H,35,40)(H,36,39). The molecule has 2 amide bonds. The van der Waals surface area contributed by atoms with E-state index in [2.05, 4.69) is 32.6 Å². The van der Waals surface area contributed by atoms with Gasteiger partial charge in [0.05, 0.1) is 24.3 Å². The maximum atomic E-state index is 13.5. The highest BCUT2D eigenvalue weighted by Gasteiger charge is 2.30. The van der Waals surface area contributed by atoms with Crippen molar-refractivity contribution in [2.24, 2.45) is 0 Å². The van der Waals surface area contributed by atoms with Crippen LogP contribution in [0.5, 0.6) is 0 Å². The van der Waals surface area contributed by atoms with Crippen LogP contribution in [0.15, 0.2) is 66.7 Å². The molecule has 2 heterocycles. The molecular weight excluding hydrogens is 533 g/mol. The summed E-state index contributed by atoms with van der Waals surface area (Å²) in [4.78, 5) is 30.7. The van der Waals surface area contributed by atoms with Gasteiger partial charge in [0.2, 0.25) is 0 Å². The topological polar surface area (TPSA) is 73.9 Å². The Kier molecular flexibility index (Phi) is 8.90. The van der Waals surface area contributed by atoms with E-state index in [-0.39, 0.29) is 11.5 Å². The van der Waals surface area contributed by atoms with E-state index in [0.717, 1.165) is 82.2 Å². The van der Waals surface area contributed by atoms with Crippen molar-refractivity contribution >= 4 is 23.2 Å². The molecule has 0 unspecified atom stereocenters. The van der Waals surface area contributed by atoms with Crippen molar-refractivity contribution in [2.75, 3.05) is 56.2 Å². The molecule has 0 bridgehead atoms. The number of morpholine rings is 1. The molecule has 1 saturated heterocycles. The van der Waals surface area contributed by atoms with Gasteiger partial charge in [-0.25, -0.2) is 0 Å². The van der Waals surface area contributed by atoms with Gasteiger partial charge in [0.1, 0.15) is 0 Å². The molecule has 0 aromatic heterocycles. The van der Waals surface area contributed by atoms with Crippen LogP contribution in [0.25, 0.3) is 0 Å². The third-order valence-electron chi connectivity index (χ3n) is 7.49. The molecule has 0 aliphatic carbocycles. The summed E-state index contributed by atoms with van der Waals surface area (Å²) >= 11 is 0. The summed E-state index contributed by atoms with van der Waals surface area (Å²) < 4.78 is 44.1. The average molecular weight is 567 g/mol. The fourth-order valence-corrected chi connectivity index (χ4v) is 5.21. The van der Waals surface area contributed by atoms with Gasteiger partial charge < -0.3 is 20.3 Å². The number of hydrogen-bond acceptors (Lipinski definition) is 5. The van der Waals surface area contributed by atoms with Crippen molar-refractivity contribution in [3.63, 3.8) is 0 Å². The normalized spacial score (nSPS) is 15.7. The van der Waals surface area contributed by atoms with E-state index in [4.69, 9.17) is 4.74 Å². The van der Waals surface area contributed by atoms with Gasteiger partial charge in [0.15, 0.2) is 0 Å². The molecule has 7 nitrogen and oxygen atoms in total. The lowest BCUT2D eigenvalue weighted by Gasteiger charge is -2.32. The lowest BCUT2D eigenvalue weighted by atomic mass is 9.98. The highest BCUT2D eigenvalue weighted by atomic mass is 19.4. The summed E-state index contributed by atoms with van der Waals surface area (Å²) in [5.74, 6) is -0.804. The van der Waals surface area contributed by atoms with Crippen LogP contribution in [0.3, 0.4) is 0 Å². The van der Waals surface area contributed by atoms with Crippen molar-refractivity contribution in [2.45, 2.75) is 25.6 Å². The molecule has 10 heteroatoms. The third kappa shape index (κ3) is 7.25. The monoisotopic (exact) mass is 566 g/mol. The van der Waals surface area contributed by atoms with E-state index in [0.29, 0.717) is 24.3 Å². The molecule has 0 spiro atoms. The second-order valence-electron chi connectivity index (χ2n) is 10.3. The molecular formula is C31H33F3N4O3. The number of hydrogen-bond donors (Lipinski definition) is 2. The van der Waals surface area contributed by atoms with Crippen molar-refractivity contribution < 1.29 is 27.5 Å². The van der Waals surface area contributed by atoms with Gasteiger partial charge in [0.25, 0.3) is 11.8 Å². The lowest BCUT2D eigenvalue weighted by Crippen LogP contribution is -2.38. The van der Waals surface area contributed by atoms with Crippen molar-refractivity contribution in [3.05, 3.63) is 94.5 Å². The van der Waals surface area contributed by atoms with Gasteiger partial charge in [-0.3, -0.25) is 14.5 Å². The Bertz CT molecular complexity index is 1370. The number of nitrogens with one attached hydrogen (secondary N) is 2. The predicted molar refractivity (Wildman–Crippen MR) is 151 cm³/mol. The number of carbonyl (C=O) groups excluding carboxylic acids is 2. The summed E-state index contributed by atoms with van der Waals surface area (Å²) in [6.07, 6.45) is -2.84. The van der Waals surface area contributed by atoms with Crippen LogP contribution < -0.4 is 15.5 Å². The molecule has 0 radical (unpaired) electrons. The first-order chi connectivity index (χ1) is 19.8. The smallest absolute Gasteiger partial charge is 0.379 e. The second kappa shape index (κ2) is 12.7. The highest BCUT2D eigenvalue weighted by molar-refractivity contribution is 6.06. The summed E-state index contributed by atoms with van der Waals surface area (Å²) in [6, 6.07) is 17.4. The van der Waals surface area contributed by atoms with Gasteiger partial charge >= 0.3 is 6.18 Å². The van der Waals surface area contributed by atoms with Crippen LogP contribution in [0.1, 0.15) is 43.8 Å². The molecule has 3 aromatic carbocycles. The summed E-state index contributed by atoms with van der Waals surface area (Å²) in [6.45, 7) is 5.98. The fourth-order valence-electron chi connectivity index (χ4n) is 5.21. The minimum absolute atomic E-state index is 0.0869. The minimum atomic E-state index is -4.48.